The van der Waals surface area contributed by atoms with Gasteiger partial charge in [-0.15, -0.1) is 0 Å². The maximum atomic E-state index is 12.7. The van der Waals surface area contributed by atoms with Gasteiger partial charge in [0.05, 0.1) is 0 Å². The lowest BCUT2D eigenvalue weighted by Gasteiger charge is -2.31. The zero-order valence-electron chi connectivity index (χ0n) is 16.2. The highest BCUT2D eigenvalue weighted by Gasteiger charge is 2.32. The second-order valence-electron chi connectivity index (χ2n) is 7.39. The standard InChI is InChI=1S/C21H21N5O3/c1-13-18(19-24-20(29-25-19)14-4-7-22-8-5-14)16-6-9-26(12-15(16)11-23-13)21(27)17-3-2-10-28-17/h4-5,7-8,11,17H,2-3,6,9-10,12H2,1H3/t17-/m1/s1. The van der Waals surface area contributed by atoms with Crippen molar-refractivity contribution in [3.05, 3.63) is 47.5 Å². The van der Waals surface area contributed by atoms with Crippen LogP contribution in [0.4, 0.5) is 0 Å². The molecule has 148 valence electrons. The second kappa shape index (κ2) is 7.36. The first kappa shape index (κ1) is 17.9. The Morgan fingerprint density at radius 1 is 1.28 bits per heavy atom. The first-order valence-electron chi connectivity index (χ1n) is 9.83. The zero-order chi connectivity index (χ0) is 19.8. The molecule has 0 spiro atoms. The van der Waals surface area contributed by atoms with Crippen molar-refractivity contribution < 1.29 is 14.1 Å². The lowest BCUT2D eigenvalue weighted by atomic mass is 9.94. The third kappa shape index (κ3) is 3.29. The number of pyridine rings is 2. The summed E-state index contributed by atoms with van der Waals surface area (Å²) in [7, 11) is 0. The summed E-state index contributed by atoms with van der Waals surface area (Å²) in [6, 6.07) is 3.66. The molecular formula is C21H21N5O3. The van der Waals surface area contributed by atoms with Crippen molar-refractivity contribution >= 4 is 5.91 Å². The average molecular weight is 391 g/mol. The van der Waals surface area contributed by atoms with Crippen molar-refractivity contribution in [1.82, 2.24) is 25.0 Å². The molecule has 29 heavy (non-hydrogen) atoms. The molecule has 8 nitrogen and oxygen atoms in total. The third-order valence-corrected chi connectivity index (χ3v) is 5.55. The molecule has 0 saturated carbocycles. The topological polar surface area (TPSA) is 94.2 Å². The minimum absolute atomic E-state index is 0.0785. The minimum Gasteiger partial charge on any atom is -0.368 e. The molecule has 3 aromatic rings. The first-order valence-corrected chi connectivity index (χ1v) is 9.83. The Labute approximate surface area is 167 Å². The molecule has 0 aliphatic carbocycles. The largest absolute Gasteiger partial charge is 0.368 e. The van der Waals surface area contributed by atoms with E-state index in [1.54, 1.807) is 12.4 Å². The molecule has 2 aliphatic heterocycles. The Morgan fingerprint density at radius 2 is 2.14 bits per heavy atom. The Kier molecular flexibility index (Phi) is 4.55. The molecular weight excluding hydrogens is 370 g/mol. The molecule has 5 heterocycles. The van der Waals surface area contributed by atoms with Gasteiger partial charge >= 0.3 is 0 Å². The predicted molar refractivity (Wildman–Crippen MR) is 104 cm³/mol. The number of ether oxygens (including phenoxy) is 1. The van der Waals surface area contributed by atoms with Crippen LogP contribution in [0.3, 0.4) is 0 Å². The van der Waals surface area contributed by atoms with E-state index in [9.17, 15) is 4.79 Å². The summed E-state index contributed by atoms with van der Waals surface area (Å²) in [6.45, 7) is 3.80. The van der Waals surface area contributed by atoms with Crippen LogP contribution < -0.4 is 0 Å². The fourth-order valence-corrected chi connectivity index (χ4v) is 4.05. The van der Waals surface area contributed by atoms with Gasteiger partial charge in [-0.25, -0.2) is 0 Å². The van der Waals surface area contributed by atoms with Gasteiger partial charge in [-0.1, -0.05) is 5.16 Å². The van der Waals surface area contributed by atoms with Crippen LogP contribution in [0.2, 0.25) is 0 Å². The van der Waals surface area contributed by atoms with Crippen LogP contribution >= 0.6 is 0 Å². The van der Waals surface area contributed by atoms with E-state index in [0.717, 1.165) is 47.2 Å². The van der Waals surface area contributed by atoms with Crippen LogP contribution in [-0.2, 0) is 22.5 Å². The summed E-state index contributed by atoms with van der Waals surface area (Å²) in [6.07, 6.45) is 7.42. The Hall–Kier alpha value is -3.13. The molecule has 1 fully saturated rings. The Morgan fingerprint density at radius 3 is 2.93 bits per heavy atom. The molecule has 1 saturated heterocycles. The van der Waals surface area contributed by atoms with E-state index < -0.39 is 0 Å². The van der Waals surface area contributed by atoms with E-state index in [4.69, 9.17) is 9.26 Å². The molecule has 8 heteroatoms. The molecule has 0 aromatic carbocycles. The number of carbonyl (C=O) groups is 1. The van der Waals surface area contributed by atoms with Gasteiger partial charge in [0.15, 0.2) is 0 Å². The van der Waals surface area contributed by atoms with Gasteiger partial charge in [-0.2, -0.15) is 4.98 Å². The van der Waals surface area contributed by atoms with Gasteiger partial charge < -0.3 is 14.2 Å². The van der Waals surface area contributed by atoms with Crippen molar-refractivity contribution in [2.45, 2.75) is 38.8 Å². The maximum absolute atomic E-state index is 12.7. The van der Waals surface area contributed by atoms with Gasteiger partial charge in [-0.3, -0.25) is 14.8 Å². The average Bonchev–Trinajstić information content (AvgIpc) is 3.46. The van der Waals surface area contributed by atoms with Gasteiger partial charge in [0, 0.05) is 55.1 Å². The molecule has 1 amide bonds. The second-order valence-corrected chi connectivity index (χ2v) is 7.39. The highest BCUT2D eigenvalue weighted by molar-refractivity contribution is 5.81. The van der Waals surface area contributed by atoms with Crippen LogP contribution in [0.1, 0.15) is 29.7 Å². The number of carbonyl (C=O) groups excluding carboxylic acids is 1. The lowest BCUT2D eigenvalue weighted by Crippen LogP contribution is -2.42. The van der Waals surface area contributed by atoms with Gasteiger partial charge in [0.2, 0.25) is 5.82 Å². The lowest BCUT2D eigenvalue weighted by molar-refractivity contribution is -0.141. The van der Waals surface area contributed by atoms with Crippen LogP contribution in [-0.4, -0.2) is 50.2 Å². The normalized spacial score (nSPS) is 18.7. The highest BCUT2D eigenvalue weighted by atomic mass is 16.5. The summed E-state index contributed by atoms with van der Waals surface area (Å²) in [5, 5.41) is 4.20. The third-order valence-electron chi connectivity index (χ3n) is 5.55. The summed E-state index contributed by atoms with van der Waals surface area (Å²) in [4.78, 5) is 27.7. The van der Waals surface area contributed by atoms with E-state index >= 15 is 0 Å². The van der Waals surface area contributed by atoms with Crippen LogP contribution in [0, 0.1) is 6.92 Å². The quantitative estimate of drug-likeness (QED) is 0.677. The van der Waals surface area contributed by atoms with Gasteiger partial charge in [0.1, 0.15) is 6.10 Å². The van der Waals surface area contributed by atoms with Gasteiger partial charge in [0.25, 0.3) is 11.8 Å². The number of hydrogen-bond acceptors (Lipinski definition) is 7. The molecule has 1 atom stereocenters. The molecule has 3 aromatic heterocycles. The molecule has 5 rings (SSSR count). The first-order chi connectivity index (χ1) is 14.2. The monoisotopic (exact) mass is 391 g/mol. The fourth-order valence-electron chi connectivity index (χ4n) is 4.05. The van der Waals surface area contributed by atoms with E-state index in [0.29, 0.717) is 31.4 Å². The number of rotatable bonds is 3. The number of nitrogens with zero attached hydrogens (tertiary/aromatic N) is 5. The van der Waals surface area contributed by atoms with Gasteiger partial charge in [-0.05, 0) is 49.4 Å². The smallest absolute Gasteiger partial charge is 0.258 e. The number of fused-ring (bicyclic) bond motifs is 1. The van der Waals surface area contributed by atoms with E-state index in [1.165, 1.54) is 0 Å². The van der Waals surface area contributed by atoms with Crippen molar-refractivity contribution in [2.75, 3.05) is 13.2 Å². The number of hydrogen-bond donors (Lipinski definition) is 0. The summed E-state index contributed by atoms with van der Waals surface area (Å²) in [5.74, 6) is 1.05. The van der Waals surface area contributed by atoms with Crippen LogP contribution in [0.5, 0.6) is 0 Å². The highest BCUT2D eigenvalue weighted by Crippen LogP contribution is 2.32. The zero-order valence-corrected chi connectivity index (χ0v) is 16.2. The predicted octanol–water partition coefficient (Wildman–Crippen LogP) is 2.57. The van der Waals surface area contributed by atoms with Crippen molar-refractivity contribution in [3.8, 4) is 22.8 Å². The number of amides is 1. The fraction of sp³-hybridized carbons (Fsp3) is 0.381. The van der Waals surface area contributed by atoms with Crippen molar-refractivity contribution in [2.24, 2.45) is 0 Å². The number of aryl methyl sites for hydroxylation is 1. The molecule has 0 unspecified atom stereocenters. The minimum atomic E-state index is -0.297. The van der Waals surface area contributed by atoms with E-state index in [1.807, 2.05) is 30.2 Å². The molecule has 0 N–H and O–H groups in total. The van der Waals surface area contributed by atoms with Crippen molar-refractivity contribution in [3.63, 3.8) is 0 Å². The Balaban J connectivity index is 1.45. The summed E-state index contributed by atoms with van der Waals surface area (Å²) >= 11 is 0. The number of aromatic nitrogens is 4. The maximum Gasteiger partial charge on any atom is 0.258 e. The SMILES string of the molecule is Cc1ncc2c(c1-c1noc(-c3ccncc3)n1)CCN(C(=O)[C@H]1CCCO1)C2. The summed E-state index contributed by atoms with van der Waals surface area (Å²) in [5.41, 5.74) is 4.73. The molecule has 0 radical (unpaired) electrons. The summed E-state index contributed by atoms with van der Waals surface area (Å²) < 4.78 is 11.0. The van der Waals surface area contributed by atoms with Crippen molar-refractivity contribution in [1.29, 1.82) is 0 Å². The van der Waals surface area contributed by atoms with Crippen LogP contribution in [0.25, 0.3) is 22.8 Å². The molecule has 2 aliphatic rings. The van der Waals surface area contributed by atoms with E-state index in [2.05, 4.69) is 20.1 Å². The van der Waals surface area contributed by atoms with E-state index in [-0.39, 0.29) is 12.0 Å². The molecule has 0 bridgehead atoms. The Bertz CT molecular complexity index is 1040. The van der Waals surface area contributed by atoms with Crippen LogP contribution in [0.15, 0.2) is 35.2 Å².